The number of benzene rings is 1. The third kappa shape index (κ3) is 1.97. The van der Waals surface area contributed by atoms with Crippen molar-refractivity contribution < 1.29 is 0 Å². The summed E-state index contributed by atoms with van der Waals surface area (Å²) in [5.74, 6) is 0.383. The Balaban J connectivity index is 3.25. The number of nitriles is 1. The van der Waals surface area contributed by atoms with Crippen molar-refractivity contribution in [3.8, 4) is 6.07 Å². The molecular formula is C12H12N. The minimum absolute atomic E-state index is 0.383. The highest BCUT2D eigenvalue weighted by molar-refractivity contribution is 5.43. The Kier molecular flexibility index (Phi) is 2.87. The van der Waals surface area contributed by atoms with Gasteiger partial charge in [0.05, 0.1) is 11.6 Å². The summed E-state index contributed by atoms with van der Waals surface area (Å²) in [5.41, 5.74) is 2.69. The molecular weight excluding hydrogens is 158 g/mol. The molecule has 1 aromatic carbocycles. The van der Waals surface area contributed by atoms with Gasteiger partial charge in [0.25, 0.3) is 0 Å². The maximum atomic E-state index is 8.89. The van der Waals surface area contributed by atoms with Gasteiger partial charge in [-0.3, -0.25) is 0 Å². The van der Waals surface area contributed by atoms with Crippen molar-refractivity contribution in [1.29, 1.82) is 5.26 Å². The van der Waals surface area contributed by atoms with Crippen molar-refractivity contribution in [3.63, 3.8) is 0 Å². The lowest BCUT2D eigenvalue weighted by molar-refractivity contribution is 0.862. The fraction of sp³-hybridized carbons (Fsp3) is 0.250. The van der Waals surface area contributed by atoms with Crippen LogP contribution in [0.3, 0.4) is 0 Å². The van der Waals surface area contributed by atoms with Gasteiger partial charge in [-0.1, -0.05) is 32.6 Å². The second kappa shape index (κ2) is 3.91. The predicted molar refractivity (Wildman–Crippen MR) is 53.2 cm³/mol. The fourth-order valence-corrected chi connectivity index (χ4v) is 1.27. The van der Waals surface area contributed by atoms with Crippen LogP contribution in [0.1, 0.15) is 36.5 Å². The first-order valence-corrected chi connectivity index (χ1v) is 4.26. The summed E-state index contributed by atoms with van der Waals surface area (Å²) in [4.78, 5) is 0. The number of hydrogen-bond acceptors (Lipinski definition) is 1. The van der Waals surface area contributed by atoms with Crippen LogP contribution in [-0.2, 0) is 0 Å². The molecule has 0 aliphatic carbocycles. The van der Waals surface area contributed by atoms with E-state index in [1.54, 1.807) is 0 Å². The zero-order valence-electron chi connectivity index (χ0n) is 7.96. The maximum Gasteiger partial charge on any atom is 0.0994 e. The molecule has 0 unspecified atom stereocenters. The summed E-state index contributed by atoms with van der Waals surface area (Å²) in [7, 11) is 0. The Labute approximate surface area is 79.3 Å². The number of rotatable bonds is 2. The first-order chi connectivity index (χ1) is 6.19. The molecule has 0 N–H and O–H groups in total. The number of hydrogen-bond donors (Lipinski definition) is 0. The lowest BCUT2D eigenvalue weighted by Crippen LogP contribution is -1.93. The molecule has 1 radical (unpaired) electrons. The van der Waals surface area contributed by atoms with Gasteiger partial charge in [-0.25, -0.2) is 0 Å². The topological polar surface area (TPSA) is 23.8 Å². The van der Waals surface area contributed by atoms with Crippen molar-refractivity contribution in [2.24, 2.45) is 0 Å². The fourth-order valence-electron chi connectivity index (χ4n) is 1.27. The molecule has 0 aromatic heterocycles. The van der Waals surface area contributed by atoms with Crippen LogP contribution >= 0.6 is 0 Å². The van der Waals surface area contributed by atoms with E-state index in [0.29, 0.717) is 5.92 Å². The van der Waals surface area contributed by atoms with E-state index in [-0.39, 0.29) is 0 Å². The Morgan fingerprint density at radius 3 is 2.54 bits per heavy atom. The summed E-state index contributed by atoms with van der Waals surface area (Å²) in [6.07, 6.45) is 2.77. The van der Waals surface area contributed by atoms with Crippen molar-refractivity contribution in [1.82, 2.24) is 0 Å². The lowest BCUT2D eigenvalue weighted by atomic mass is 9.96. The molecule has 65 valence electrons. The first-order valence-electron chi connectivity index (χ1n) is 4.26. The van der Waals surface area contributed by atoms with Gasteiger partial charge in [0.2, 0.25) is 0 Å². The monoisotopic (exact) mass is 170 g/mol. The van der Waals surface area contributed by atoms with Gasteiger partial charge in [0.15, 0.2) is 0 Å². The van der Waals surface area contributed by atoms with Gasteiger partial charge in [-0.05, 0) is 29.2 Å². The molecule has 0 saturated carbocycles. The molecule has 0 spiro atoms. The lowest BCUT2D eigenvalue weighted by Gasteiger charge is -2.07. The maximum absolute atomic E-state index is 8.89. The molecule has 1 heteroatoms. The van der Waals surface area contributed by atoms with Gasteiger partial charge in [-0.2, -0.15) is 5.26 Å². The van der Waals surface area contributed by atoms with E-state index in [4.69, 9.17) is 5.26 Å². The summed E-state index contributed by atoms with van der Waals surface area (Å²) < 4.78 is 0. The molecule has 0 fully saturated rings. The summed E-state index contributed by atoms with van der Waals surface area (Å²) in [6.45, 7) is 7.70. The van der Waals surface area contributed by atoms with Crippen molar-refractivity contribution >= 4 is 0 Å². The third-order valence-electron chi connectivity index (χ3n) is 2.00. The van der Waals surface area contributed by atoms with Crippen LogP contribution in [0.15, 0.2) is 24.8 Å². The average molecular weight is 170 g/mol. The van der Waals surface area contributed by atoms with E-state index in [1.807, 2.05) is 18.2 Å². The summed E-state index contributed by atoms with van der Waals surface area (Å²) in [5, 5.41) is 8.89. The van der Waals surface area contributed by atoms with E-state index in [1.165, 1.54) is 0 Å². The zero-order chi connectivity index (χ0) is 9.84. The highest BCUT2D eigenvalue weighted by Crippen LogP contribution is 2.19. The quantitative estimate of drug-likeness (QED) is 0.669. The molecule has 0 aliphatic rings. The first kappa shape index (κ1) is 9.54. The molecule has 0 saturated heterocycles. The van der Waals surface area contributed by atoms with E-state index in [9.17, 15) is 0 Å². The molecule has 1 nitrogen and oxygen atoms in total. The molecule has 0 bridgehead atoms. The zero-order valence-corrected chi connectivity index (χ0v) is 7.96. The number of nitrogens with zero attached hydrogens (tertiary/aromatic N) is 1. The molecule has 0 heterocycles. The van der Waals surface area contributed by atoms with Crippen LogP contribution in [0, 0.1) is 17.4 Å². The van der Waals surface area contributed by atoms with Crippen molar-refractivity contribution in [2.75, 3.05) is 0 Å². The minimum atomic E-state index is 0.383. The molecule has 0 aliphatic heterocycles. The Morgan fingerprint density at radius 1 is 1.38 bits per heavy atom. The Bertz CT molecular complexity index is 356. The highest BCUT2D eigenvalue weighted by atomic mass is 14.2. The normalized spacial score (nSPS) is 9.69. The van der Waals surface area contributed by atoms with Crippen LogP contribution in [0.2, 0.25) is 0 Å². The highest BCUT2D eigenvalue weighted by Gasteiger charge is 2.05. The van der Waals surface area contributed by atoms with E-state index < -0.39 is 0 Å². The largest absolute Gasteiger partial charge is 0.192 e. The van der Waals surface area contributed by atoms with Crippen LogP contribution in [0.4, 0.5) is 0 Å². The van der Waals surface area contributed by atoms with E-state index >= 15 is 0 Å². The van der Waals surface area contributed by atoms with Crippen LogP contribution in [0.5, 0.6) is 0 Å². The van der Waals surface area contributed by atoms with Gasteiger partial charge < -0.3 is 0 Å². The summed E-state index contributed by atoms with van der Waals surface area (Å²) in [6, 6.07) is 7.91. The van der Waals surface area contributed by atoms with Gasteiger partial charge >= 0.3 is 0 Å². The smallest absolute Gasteiger partial charge is 0.0994 e. The predicted octanol–water partition coefficient (Wildman–Crippen LogP) is 3.02. The molecule has 0 amide bonds. The molecule has 0 atom stereocenters. The van der Waals surface area contributed by atoms with Crippen molar-refractivity contribution in [2.45, 2.75) is 19.8 Å². The van der Waals surface area contributed by atoms with Crippen LogP contribution < -0.4 is 0 Å². The summed E-state index contributed by atoms with van der Waals surface area (Å²) >= 11 is 0. The second-order valence-corrected chi connectivity index (χ2v) is 3.25. The standard InChI is InChI=1S/C12H12N/c1-4-10-5-6-12(9(2)3)11(7-10)8-13/h5-7,9H,1H2,2-3H3. The molecule has 13 heavy (non-hydrogen) atoms. The van der Waals surface area contributed by atoms with E-state index in [0.717, 1.165) is 16.7 Å². The molecule has 1 aromatic rings. The van der Waals surface area contributed by atoms with Gasteiger partial charge in [0, 0.05) is 0 Å². The van der Waals surface area contributed by atoms with Crippen molar-refractivity contribution in [3.05, 3.63) is 47.5 Å². The minimum Gasteiger partial charge on any atom is -0.192 e. The Morgan fingerprint density at radius 2 is 2.08 bits per heavy atom. The third-order valence-corrected chi connectivity index (χ3v) is 2.00. The molecule has 1 rings (SSSR count). The van der Waals surface area contributed by atoms with Gasteiger partial charge in [0.1, 0.15) is 0 Å². The van der Waals surface area contributed by atoms with Crippen LogP contribution in [-0.4, -0.2) is 0 Å². The van der Waals surface area contributed by atoms with Crippen LogP contribution in [0.25, 0.3) is 0 Å². The van der Waals surface area contributed by atoms with Gasteiger partial charge in [-0.15, -0.1) is 0 Å². The van der Waals surface area contributed by atoms with E-state index in [2.05, 4.69) is 32.6 Å². The second-order valence-electron chi connectivity index (χ2n) is 3.25. The average Bonchev–Trinajstić information content (AvgIpc) is 2.16. The Hall–Kier alpha value is -1.55. The SMILES string of the molecule is C=[C]c1ccc(C(C)C)c(C#N)c1.